The van der Waals surface area contributed by atoms with Gasteiger partial charge in [-0.1, -0.05) is 6.07 Å². The van der Waals surface area contributed by atoms with Gasteiger partial charge in [-0.3, -0.25) is 0 Å². The van der Waals surface area contributed by atoms with Gasteiger partial charge in [-0.2, -0.15) is 4.31 Å². The van der Waals surface area contributed by atoms with Gasteiger partial charge in [-0.15, -0.1) is 0 Å². The van der Waals surface area contributed by atoms with Crippen LogP contribution in [0.25, 0.3) is 0 Å². The van der Waals surface area contributed by atoms with Gasteiger partial charge in [-0.25, -0.2) is 8.42 Å². The zero-order valence-electron chi connectivity index (χ0n) is 12.4. The second-order valence-electron chi connectivity index (χ2n) is 5.96. The number of aliphatic hydroxyl groups is 1. The summed E-state index contributed by atoms with van der Waals surface area (Å²) in [7, 11) is -3.62. The standard InChI is InChI=1S/C14H22N2O3S/c1-9-7-10(2)13(11(3)12(9)15)20(18,19)16-6-5-14(4,17)8-16/h7,17H,5-6,8,15H2,1-4H3. The van der Waals surface area contributed by atoms with E-state index in [1.807, 2.05) is 6.92 Å². The van der Waals surface area contributed by atoms with Crippen LogP contribution in [0.3, 0.4) is 0 Å². The number of rotatable bonds is 2. The van der Waals surface area contributed by atoms with Gasteiger partial charge in [0.25, 0.3) is 0 Å². The highest BCUT2D eigenvalue weighted by atomic mass is 32.2. The van der Waals surface area contributed by atoms with Gasteiger partial charge in [0.2, 0.25) is 10.0 Å². The van der Waals surface area contributed by atoms with E-state index in [1.165, 1.54) is 4.31 Å². The van der Waals surface area contributed by atoms with Crippen LogP contribution in [0.5, 0.6) is 0 Å². The predicted molar refractivity (Wildman–Crippen MR) is 79.1 cm³/mol. The molecule has 1 fully saturated rings. The van der Waals surface area contributed by atoms with Crippen molar-refractivity contribution < 1.29 is 13.5 Å². The van der Waals surface area contributed by atoms with Crippen LogP contribution in [0.4, 0.5) is 5.69 Å². The van der Waals surface area contributed by atoms with Gasteiger partial charge in [0.15, 0.2) is 0 Å². The van der Waals surface area contributed by atoms with Crippen LogP contribution in [0.2, 0.25) is 0 Å². The Labute approximate surface area is 120 Å². The third kappa shape index (κ3) is 2.43. The smallest absolute Gasteiger partial charge is 0.243 e. The zero-order chi connectivity index (χ0) is 15.3. The van der Waals surface area contributed by atoms with E-state index in [1.54, 1.807) is 26.8 Å². The van der Waals surface area contributed by atoms with Crippen molar-refractivity contribution in [3.8, 4) is 0 Å². The molecule has 1 aromatic rings. The molecule has 6 heteroatoms. The van der Waals surface area contributed by atoms with Crippen molar-refractivity contribution in [1.29, 1.82) is 0 Å². The van der Waals surface area contributed by atoms with Crippen molar-refractivity contribution in [2.45, 2.75) is 44.6 Å². The van der Waals surface area contributed by atoms with Gasteiger partial charge >= 0.3 is 0 Å². The van der Waals surface area contributed by atoms with E-state index in [4.69, 9.17) is 5.73 Å². The van der Waals surface area contributed by atoms with Gasteiger partial charge < -0.3 is 10.8 Å². The number of anilines is 1. The fraction of sp³-hybridized carbons (Fsp3) is 0.571. The second-order valence-corrected chi connectivity index (χ2v) is 7.84. The minimum Gasteiger partial charge on any atom is -0.398 e. The fourth-order valence-corrected chi connectivity index (χ4v) is 4.82. The summed E-state index contributed by atoms with van der Waals surface area (Å²) < 4.78 is 26.9. The van der Waals surface area contributed by atoms with E-state index in [2.05, 4.69) is 0 Å². The number of aryl methyl sites for hydroxylation is 2. The molecule has 1 aliphatic rings. The van der Waals surface area contributed by atoms with Gasteiger partial charge in [0, 0.05) is 18.8 Å². The Balaban J connectivity index is 2.54. The number of benzene rings is 1. The van der Waals surface area contributed by atoms with Crippen LogP contribution in [-0.2, 0) is 10.0 Å². The maximum Gasteiger partial charge on any atom is 0.243 e. The topological polar surface area (TPSA) is 83.6 Å². The Bertz CT molecular complexity index is 651. The first kappa shape index (κ1) is 15.3. The van der Waals surface area contributed by atoms with Crippen molar-refractivity contribution in [3.63, 3.8) is 0 Å². The average molecular weight is 298 g/mol. The molecule has 1 unspecified atom stereocenters. The molecule has 3 N–H and O–H groups in total. The first-order valence-corrected chi connectivity index (χ1v) is 8.09. The Hall–Kier alpha value is -1.11. The summed E-state index contributed by atoms with van der Waals surface area (Å²) in [5.41, 5.74) is 7.70. The molecule has 1 aromatic carbocycles. The van der Waals surface area contributed by atoms with E-state index >= 15 is 0 Å². The lowest BCUT2D eigenvalue weighted by molar-refractivity contribution is 0.0762. The van der Waals surface area contributed by atoms with E-state index < -0.39 is 15.6 Å². The highest BCUT2D eigenvalue weighted by Crippen LogP contribution is 2.33. The molecule has 1 heterocycles. The van der Waals surface area contributed by atoms with Crippen LogP contribution in [0.1, 0.15) is 30.0 Å². The number of nitrogens with two attached hydrogens (primary N) is 1. The maximum atomic E-state index is 12.8. The van der Waals surface area contributed by atoms with E-state index in [0.29, 0.717) is 29.8 Å². The second kappa shape index (κ2) is 4.72. The molecule has 1 saturated heterocycles. The molecule has 2 rings (SSSR count). The van der Waals surface area contributed by atoms with Crippen LogP contribution in [0.15, 0.2) is 11.0 Å². The summed E-state index contributed by atoms with van der Waals surface area (Å²) in [5.74, 6) is 0. The molecule has 0 aromatic heterocycles. The Morgan fingerprint density at radius 1 is 1.30 bits per heavy atom. The highest BCUT2D eigenvalue weighted by Gasteiger charge is 2.39. The SMILES string of the molecule is Cc1cc(C)c(S(=O)(=O)N2CCC(C)(O)C2)c(C)c1N. The Kier molecular flexibility index (Phi) is 3.60. The quantitative estimate of drug-likeness (QED) is 0.807. The molecule has 20 heavy (non-hydrogen) atoms. The monoisotopic (exact) mass is 298 g/mol. The molecule has 0 radical (unpaired) electrons. The molecular weight excluding hydrogens is 276 g/mol. The minimum atomic E-state index is -3.62. The number of hydrogen-bond donors (Lipinski definition) is 2. The summed E-state index contributed by atoms with van der Waals surface area (Å²) in [6, 6.07) is 1.80. The Morgan fingerprint density at radius 2 is 1.90 bits per heavy atom. The third-order valence-electron chi connectivity index (χ3n) is 3.98. The molecule has 0 spiro atoms. The van der Waals surface area contributed by atoms with Crippen LogP contribution in [-0.4, -0.2) is 36.5 Å². The summed E-state index contributed by atoms with van der Waals surface area (Å²) >= 11 is 0. The van der Waals surface area contributed by atoms with Gasteiger partial charge in [-0.05, 0) is 50.8 Å². The molecule has 5 nitrogen and oxygen atoms in total. The summed E-state index contributed by atoms with van der Waals surface area (Å²) in [5, 5.41) is 9.98. The lowest BCUT2D eigenvalue weighted by Gasteiger charge is -2.22. The molecule has 0 aliphatic carbocycles. The summed E-state index contributed by atoms with van der Waals surface area (Å²) in [6.07, 6.45) is 0.450. The largest absolute Gasteiger partial charge is 0.398 e. The van der Waals surface area contributed by atoms with Crippen molar-refractivity contribution in [3.05, 3.63) is 22.8 Å². The van der Waals surface area contributed by atoms with Crippen molar-refractivity contribution in [1.82, 2.24) is 4.31 Å². The van der Waals surface area contributed by atoms with E-state index in [-0.39, 0.29) is 11.4 Å². The number of β-amino-alcohol motifs (C(OH)–C–C–N with tert-alkyl or cyclic N) is 1. The normalized spacial score (nSPS) is 24.2. The number of sulfonamides is 1. The third-order valence-corrected chi connectivity index (χ3v) is 6.11. The average Bonchev–Trinajstić information content (AvgIpc) is 2.67. The van der Waals surface area contributed by atoms with Crippen LogP contribution >= 0.6 is 0 Å². The summed E-state index contributed by atoms with van der Waals surface area (Å²) in [4.78, 5) is 0.276. The van der Waals surface area contributed by atoms with Crippen molar-refractivity contribution >= 4 is 15.7 Å². The number of nitrogens with zero attached hydrogens (tertiary/aromatic N) is 1. The molecular formula is C14H22N2O3S. The lowest BCUT2D eigenvalue weighted by Crippen LogP contribution is -2.34. The zero-order valence-corrected chi connectivity index (χ0v) is 13.2. The summed E-state index contributed by atoms with van der Waals surface area (Å²) in [6.45, 7) is 7.50. The Morgan fingerprint density at radius 3 is 2.40 bits per heavy atom. The first-order valence-electron chi connectivity index (χ1n) is 6.65. The van der Waals surface area contributed by atoms with E-state index in [9.17, 15) is 13.5 Å². The molecule has 0 saturated carbocycles. The minimum absolute atomic E-state index is 0.127. The van der Waals surface area contributed by atoms with E-state index in [0.717, 1.165) is 5.56 Å². The number of nitrogen functional groups attached to an aromatic ring is 1. The molecule has 1 atom stereocenters. The fourth-order valence-electron chi connectivity index (χ4n) is 2.82. The molecule has 1 aliphatic heterocycles. The van der Waals surface area contributed by atoms with Crippen molar-refractivity contribution in [2.75, 3.05) is 18.8 Å². The predicted octanol–water partition coefficient (Wildman–Crippen LogP) is 1.34. The highest BCUT2D eigenvalue weighted by molar-refractivity contribution is 7.89. The van der Waals surface area contributed by atoms with Crippen LogP contribution < -0.4 is 5.73 Å². The maximum absolute atomic E-state index is 12.8. The van der Waals surface area contributed by atoms with Crippen molar-refractivity contribution in [2.24, 2.45) is 0 Å². The molecule has 0 bridgehead atoms. The molecule has 112 valence electrons. The molecule has 0 amide bonds. The lowest BCUT2D eigenvalue weighted by atomic mass is 10.1. The number of hydrogen-bond acceptors (Lipinski definition) is 4. The first-order chi connectivity index (χ1) is 9.06. The van der Waals surface area contributed by atoms with Gasteiger partial charge in [0.05, 0.1) is 10.5 Å². The van der Waals surface area contributed by atoms with Gasteiger partial charge in [0.1, 0.15) is 0 Å². The van der Waals surface area contributed by atoms with Crippen LogP contribution in [0, 0.1) is 20.8 Å².